The Bertz CT molecular complexity index is 81.0. The van der Waals surface area contributed by atoms with Crippen LogP contribution < -0.4 is 5.73 Å². The van der Waals surface area contributed by atoms with Gasteiger partial charge in [-0.3, -0.25) is 0 Å². The zero-order valence-electron chi connectivity index (χ0n) is 6.14. The lowest BCUT2D eigenvalue weighted by Crippen LogP contribution is -2.26. The average Bonchev–Trinajstić information content (AvgIpc) is 2.17. The molecule has 2 nitrogen and oxygen atoms in total. The summed E-state index contributed by atoms with van der Waals surface area (Å²) in [4.78, 5) is 2.44. The van der Waals surface area contributed by atoms with Crippen molar-refractivity contribution in [1.29, 1.82) is 0 Å². The molecule has 0 amide bonds. The minimum Gasteiger partial charge on any atom is -0.326 e. The summed E-state index contributed by atoms with van der Waals surface area (Å²) in [5.41, 5.74) is 5.71. The van der Waals surface area contributed by atoms with E-state index in [2.05, 4.69) is 11.8 Å². The van der Waals surface area contributed by atoms with Crippen molar-refractivity contribution in [2.45, 2.75) is 25.8 Å². The van der Waals surface area contributed by atoms with Gasteiger partial charge in [-0.25, -0.2) is 0 Å². The van der Waals surface area contributed by atoms with E-state index in [1.54, 1.807) is 0 Å². The summed E-state index contributed by atoms with van der Waals surface area (Å²) in [5, 5.41) is 0. The molecule has 1 heterocycles. The molecule has 0 aromatic rings. The third kappa shape index (κ3) is 1.95. The number of hydrogen-bond acceptors (Lipinski definition) is 2. The van der Waals surface area contributed by atoms with Gasteiger partial charge in [0.15, 0.2) is 0 Å². The Balaban J connectivity index is 2.14. The van der Waals surface area contributed by atoms with E-state index in [9.17, 15) is 0 Å². The molecule has 0 aliphatic carbocycles. The molecule has 54 valence electrons. The van der Waals surface area contributed by atoms with E-state index in [0.29, 0.717) is 6.04 Å². The van der Waals surface area contributed by atoms with Crippen molar-refractivity contribution in [2.24, 2.45) is 5.73 Å². The first kappa shape index (κ1) is 7.03. The Hall–Kier alpha value is -0.0800. The van der Waals surface area contributed by atoms with Crippen molar-refractivity contribution in [3.63, 3.8) is 0 Å². The van der Waals surface area contributed by atoms with Crippen LogP contribution in [0.2, 0.25) is 0 Å². The molecule has 1 rings (SSSR count). The minimum atomic E-state index is 0.455. The lowest BCUT2D eigenvalue weighted by molar-refractivity contribution is 0.335. The highest BCUT2D eigenvalue weighted by atomic mass is 15.2. The summed E-state index contributed by atoms with van der Waals surface area (Å²) in [6.45, 7) is 5.78. The molecule has 1 atom stereocenters. The molecular formula is C7H16N2. The van der Waals surface area contributed by atoms with E-state index in [0.717, 1.165) is 6.54 Å². The molecule has 0 bridgehead atoms. The molecule has 1 fully saturated rings. The van der Waals surface area contributed by atoms with Crippen molar-refractivity contribution >= 4 is 0 Å². The summed E-state index contributed by atoms with van der Waals surface area (Å²) >= 11 is 0. The third-order valence-electron chi connectivity index (χ3n) is 1.85. The van der Waals surface area contributed by atoms with Gasteiger partial charge in [0.2, 0.25) is 0 Å². The summed E-state index contributed by atoms with van der Waals surface area (Å²) in [7, 11) is 0. The first-order valence-electron chi connectivity index (χ1n) is 3.81. The van der Waals surface area contributed by atoms with Gasteiger partial charge in [0.25, 0.3) is 0 Å². The van der Waals surface area contributed by atoms with E-state index in [1.807, 2.05) is 0 Å². The summed E-state index contributed by atoms with van der Waals surface area (Å²) < 4.78 is 0. The van der Waals surface area contributed by atoms with Crippen molar-refractivity contribution in [3.8, 4) is 0 Å². The predicted molar refractivity (Wildman–Crippen MR) is 39.3 cm³/mol. The number of nitrogens with two attached hydrogens (primary N) is 1. The van der Waals surface area contributed by atoms with Gasteiger partial charge in [-0.15, -0.1) is 0 Å². The summed E-state index contributed by atoms with van der Waals surface area (Å²) in [5.74, 6) is 0. The van der Waals surface area contributed by atoms with Crippen molar-refractivity contribution in [1.82, 2.24) is 4.90 Å². The lowest BCUT2D eigenvalue weighted by atomic mass is 10.3. The second-order valence-electron chi connectivity index (χ2n) is 2.85. The van der Waals surface area contributed by atoms with Crippen LogP contribution in [-0.4, -0.2) is 30.6 Å². The first-order chi connectivity index (χ1) is 4.33. The van der Waals surface area contributed by atoms with Crippen molar-refractivity contribution < 1.29 is 0 Å². The zero-order chi connectivity index (χ0) is 6.69. The van der Waals surface area contributed by atoms with Gasteiger partial charge in [-0.1, -0.05) is 6.92 Å². The van der Waals surface area contributed by atoms with E-state index < -0.39 is 0 Å². The standard InChI is InChI=1S/C7H16N2/c1-2-4-9-5-3-7(8)6-9/h7H,2-6,8H2,1H3/t7-/m0/s1. The second kappa shape index (κ2) is 3.18. The molecule has 9 heavy (non-hydrogen) atoms. The Morgan fingerprint density at radius 3 is 2.89 bits per heavy atom. The Labute approximate surface area is 57.0 Å². The van der Waals surface area contributed by atoms with Crippen LogP contribution in [0.25, 0.3) is 0 Å². The highest BCUT2D eigenvalue weighted by Crippen LogP contribution is 2.06. The molecule has 0 spiro atoms. The number of hydrogen-bond donors (Lipinski definition) is 1. The minimum absolute atomic E-state index is 0.455. The van der Waals surface area contributed by atoms with E-state index in [-0.39, 0.29) is 0 Å². The lowest BCUT2D eigenvalue weighted by Gasteiger charge is -2.12. The van der Waals surface area contributed by atoms with Crippen LogP contribution in [-0.2, 0) is 0 Å². The number of likely N-dealkylation sites (tertiary alicyclic amines) is 1. The topological polar surface area (TPSA) is 29.3 Å². The zero-order valence-corrected chi connectivity index (χ0v) is 6.14. The molecule has 0 saturated carbocycles. The van der Waals surface area contributed by atoms with Gasteiger partial charge in [-0.2, -0.15) is 0 Å². The molecule has 1 saturated heterocycles. The molecule has 0 radical (unpaired) electrons. The van der Waals surface area contributed by atoms with Crippen LogP contribution in [0.1, 0.15) is 19.8 Å². The molecule has 0 aromatic carbocycles. The molecule has 1 aliphatic rings. The number of rotatable bonds is 2. The maximum Gasteiger partial charge on any atom is 0.0180 e. The van der Waals surface area contributed by atoms with Crippen molar-refractivity contribution in [2.75, 3.05) is 19.6 Å². The molecule has 0 unspecified atom stereocenters. The van der Waals surface area contributed by atoms with E-state index in [4.69, 9.17) is 5.73 Å². The van der Waals surface area contributed by atoms with Crippen LogP contribution in [0.3, 0.4) is 0 Å². The molecule has 1 aliphatic heterocycles. The molecular weight excluding hydrogens is 112 g/mol. The van der Waals surface area contributed by atoms with Gasteiger partial charge in [0.05, 0.1) is 0 Å². The van der Waals surface area contributed by atoms with Crippen LogP contribution in [0.5, 0.6) is 0 Å². The fourth-order valence-electron chi connectivity index (χ4n) is 1.38. The fraction of sp³-hybridized carbons (Fsp3) is 1.00. The van der Waals surface area contributed by atoms with E-state index >= 15 is 0 Å². The summed E-state index contributed by atoms with van der Waals surface area (Å²) in [6, 6.07) is 0.455. The first-order valence-corrected chi connectivity index (χ1v) is 3.81. The van der Waals surface area contributed by atoms with Gasteiger partial charge >= 0.3 is 0 Å². The van der Waals surface area contributed by atoms with E-state index in [1.165, 1.54) is 25.9 Å². The van der Waals surface area contributed by atoms with Gasteiger partial charge in [0, 0.05) is 12.6 Å². The third-order valence-corrected chi connectivity index (χ3v) is 1.85. The molecule has 2 heteroatoms. The molecule has 0 aromatic heterocycles. The quantitative estimate of drug-likeness (QED) is 0.584. The predicted octanol–water partition coefficient (Wildman–Crippen LogP) is 0.429. The van der Waals surface area contributed by atoms with Gasteiger partial charge in [0.1, 0.15) is 0 Å². The summed E-state index contributed by atoms with van der Waals surface area (Å²) in [6.07, 6.45) is 2.45. The monoisotopic (exact) mass is 128 g/mol. The fourth-order valence-corrected chi connectivity index (χ4v) is 1.38. The van der Waals surface area contributed by atoms with Crippen LogP contribution >= 0.6 is 0 Å². The average molecular weight is 128 g/mol. The van der Waals surface area contributed by atoms with Crippen LogP contribution in [0.15, 0.2) is 0 Å². The van der Waals surface area contributed by atoms with Crippen LogP contribution in [0, 0.1) is 0 Å². The van der Waals surface area contributed by atoms with Gasteiger partial charge in [-0.05, 0) is 25.9 Å². The Morgan fingerprint density at radius 1 is 1.67 bits per heavy atom. The highest BCUT2D eigenvalue weighted by molar-refractivity contribution is 4.76. The Morgan fingerprint density at radius 2 is 2.44 bits per heavy atom. The highest BCUT2D eigenvalue weighted by Gasteiger charge is 2.16. The Kier molecular flexibility index (Phi) is 2.49. The molecule has 2 N–H and O–H groups in total. The normalized spacial score (nSPS) is 29.3. The smallest absolute Gasteiger partial charge is 0.0180 e. The maximum absolute atomic E-state index is 5.71. The van der Waals surface area contributed by atoms with Crippen LogP contribution in [0.4, 0.5) is 0 Å². The maximum atomic E-state index is 5.71. The van der Waals surface area contributed by atoms with Gasteiger partial charge < -0.3 is 10.6 Å². The van der Waals surface area contributed by atoms with Crippen molar-refractivity contribution in [3.05, 3.63) is 0 Å². The second-order valence-corrected chi connectivity index (χ2v) is 2.85. The largest absolute Gasteiger partial charge is 0.326 e. The SMILES string of the molecule is CCCN1CC[C@H](N)C1. The number of nitrogens with zero attached hydrogens (tertiary/aromatic N) is 1.